The SMILES string of the molecule is CCCn1cc(Oc2cc(CCl)ccn2)cn1. The third kappa shape index (κ3) is 3.20. The number of halogens is 1. The molecule has 0 spiro atoms. The standard InChI is InChI=1S/C12H14ClN3O/c1-2-5-16-9-11(8-15-16)17-12-6-10(7-13)3-4-14-12/h3-4,6,8-9H,2,5,7H2,1H3. The van der Waals surface area contributed by atoms with Gasteiger partial charge in [-0.3, -0.25) is 4.68 Å². The summed E-state index contributed by atoms with van der Waals surface area (Å²) in [6.07, 6.45) is 6.27. The summed E-state index contributed by atoms with van der Waals surface area (Å²) in [5.41, 5.74) is 0.984. The van der Waals surface area contributed by atoms with E-state index in [0.29, 0.717) is 17.5 Å². The minimum atomic E-state index is 0.452. The van der Waals surface area contributed by atoms with Crippen LogP contribution in [0.4, 0.5) is 0 Å². The molecule has 0 bridgehead atoms. The van der Waals surface area contributed by atoms with Gasteiger partial charge in [0.1, 0.15) is 0 Å². The molecule has 0 saturated carbocycles. The van der Waals surface area contributed by atoms with E-state index >= 15 is 0 Å². The molecular weight excluding hydrogens is 238 g/mol. The van der Waals surface area contributed by atoms with Crippen molar-refractivity contribution in [1.29, 1.82) is 0 Å². The average Bonchev–Trinajstić information content (AvgIpc) is 2.77. The molecule has 5 heteroatoms. The maximum absolute atomic E-state index is 5.75. The Balaban J connectivity index is 2.08. The van der Waals surface area contributed by atoms with Crippen LogP contribution in [0.3, 0.4) is 0 Å². The van der Waals surface area contributed by atoms with E-state index in [0.717, 1.165) is 18.5 Å². The Kier molecular flexibility index (Phi) is 3.98. The Morgan fingerprint density at radius 2 is 2.35 bits per heavy atom. The largest absolute Gasteiger partial charge is 0.436 e. The molecular formula is C12H14ClN3O. The molecule has 2 rings (SSSR count). The van der Waals surface area contributed by atoms with E-state index in [1.807, 2.05) is 23.0 Å². The zero-order chi connectivity index (χ0) is 12.1. The van der Waals surface area contributed by atoms with E-state index in [1.165, 1.54) is 0 Å². The summed E-state index contributed by atoms with van der Waals surface area (Å²) in [5, 5.41) is 4.18. The molecule has 90 valence electrons. The van der Waals surface area contributed by atoms with Crippen molar-refractivity contribution in [3.63, 3.8) is 0 Å². The van der Waals surface area contributed by atoms with Gasteiger partial charge < -0.3 is 4.74 Å². The van der Waals surface area contributed by atoms with Gasteiger partial charge in [-0.2, -0.15) is 5.10 Å². The summed E-state index contributed by atoms with van der Waals surface area (Å²) >= 11 is 5.75. The molecule has 0 aliphatic heterocycles. The predicted molar refractivity (Wildman–Crippen MR) is 66.4 cm³/mol. The lowest BCUT2D eigenvalue weighted by Gasteiger charge is -2.02. The summed E-state index contributed by atoms with van der Waals surface area (Å²) < 4.78 is 7.44. The Morgan fingerprint density at radius 3 is 3.12 bits per heavy atom. The topological polar surface area (TPSA) is 39.9 Å². The molecule has 0 aromatic carbocycles. The number of alkyl halides is 1. The van der Waals surface area contributed by atoms with Gasteiger partial charge in [-0.25, -0.2) is 4.98 Å². The van der Waals surface area contributed by atoms with Gasteiger partial charge >= 0.3 is 0 Å². The summed E-state index contributed by atoms with van der Waals surface area (Å²) in [6.45, 7) is 2.99. The number of aryl methyl sites for hydroxylation is 1. The van der Waals surface area contributed by atoms with Gasteiger partial charge in [-0.15, -0.1) is 11.6 Å². The van der Waals surface area contributed by atoms with Gasteiger partial charge in [-0.1, -0.05) is 6.92 Å². The lowest BCUT2D eigenvalue weighted by Crippen LogP contribution is -1.95. The first-order chi connectivity index (χ1) is 8.31. The van der Waals surface area contributed by atoms with E-state index in [1.54, 1.807) is 12.4 Å². The molecule has 0 aliphatic rings. The number of hydrogen-bond donors (Lipinski definition) is 0. The van der Waals surface area contributed by atoms with Crippen LogP contribution in [-0.2, 0) is 12.4 Å². The Bertz CT molecular complexity index is 484. The number of hydrogen-bond acceptors (Lipinski definition) is 3. The normalized spacial score (nSPS) is 10.5. The van der Waals surface area contributed by atoms with Crippen LogP contribution < -0.4 is 4.74 Å². The van der Waals surface area contributed by atoms with Gasteiger partial charge in [0, 0.05) is 24.7 Å². The van der Waals surface area contributed by atoms with E-state index in [4.69, 9.17) is 16.3 Å². The van der Waals surface area contributed by atoms with Gasteiger partial charge in [0.15, 0.2) is 5.75 Å². The summed E-state index contributed by atoms with van der Waals surface area (Å²) in [4.78, 5) is 4.12. The van der Waals surface area contributed by atoms with Crippen LogP contribution in [0, 0.1) is 0 Å². The van der Waals surface area contributed by atoms with Crippen molar-refractivity contribution < 1.29 is 4.74 Å². The lowest BCUT2D eigenvalue weighted by molar-refractivity contribution is 0.461. The number of ether oxygens (including phenoxy) is 1. The van der Waals surface area contributed by atoms with Crippen molar-refractivity contribution >= 4 is 11.6 Å². The van der Waals surface area contributed by atoms with Crippen LogP contribution in [0.25, 0.3) is 0 Å². The maximum atomic E-state index is 5.75. The Hall–Kier alpha value is -1.55. The fraction of sp³-hybridized carbons (Fsp3) is 0.333. The molecule has 2 aromatic heterocycles. The monoisotopic (exact) mass is 251 g/mol. The Labute approximate surface area is 105 Å². The van der Waals surface area contributed by atoms with Crippen LogP contribution in [0.5, 0.6) is 11.6 Å². The molecule has 2 aromatic rings. The minimum Gasteiger partial charge on any atom is -0.436 e. The smallest absolute Gasteiger partial charge is 0.219 e. The molecule has 0 radical (unpaired) electrons. The highest BCUT2D eigenvalue weighted by atomic mass is 35.5. The first-order valence-electron chi connectivity index (χ1n) is 5.53. The van der Waals surface area contributed by atoms with Crippen molar-refractivity contribution in [2.24, 2.45) is 0 Å². The van der Waals surface area contributed by atoms with Crippen LogP contribution in [0.15, 0.2) is 30.7 Å². The fourth-order valence-corrected chi connectivity index (χ4v) is 1.63. The molecule has 0 fully saturated rings. The molecule has 0 saturated heterocycles. The molecule has 4 nitrogen and oxygen atoms in total. The second-order valence-corrected chi connectivity index (χ2v) is 3.94. The zero-order valence-corrected chi connectivity index (χ0v) is 10.4. The van der Waals surface area contributed by atoms with Gasteiger partial charge in [0.2, 0.25) is 5.88 Å². The molecule has 2 heterocycles. The zero-order valence-electron chi connectivity index (χ0n) is 9.64. The maximum Gasteiger partial charge on any atom is 0.219 e. The Morgan fingerprint density at radius 1 is 1.47 bits per heavy atom. The molecule has 0 atom stereocenters. The van der Waals surface area contributed by atoms with Crippen LogP contribution in [0.1, 0.15) is 18.9 Å². The predicted octanol–water partition coefficient (Wildman–Crippen LogP) is 3.22. The minimum absolute atomic E-state index is 0.452. The van der Waals surface area contributed by atoms with Crippen molar-refractivity contribution in [3.8, 4) is 11.6 Å². The van der Waals surface area contributed by atoms with Crippen molar-refractivity contribution in [1.82, 2.24) is 14.8 Å². The fourth-order valence-electron chi connectivity index (χ4n) is 1.46. The van der Waals surface area contributed by atoms with E-state index < -0.39 is 0 Å². The third-order valence-corrected chi connectivity index (χ3v) is 2.55. The number of nitrogens with zero attached hydrogens (tertiary/aromatic N) is 3. The summed E-state index contributed by atoms with van der Waals surface area (Å²) in [7, 11) is 0. The number of pyridine rings is 1. The second-order valence-electron chi connectivity index (χ2n) is 3.68. The molecule has 17 heavy (non-hydrogen) atoms. The van der Waals surface area contributed by atoms with Gasteiger partial charge in [0.05, 0.1) is 12.4 Å². The average molecular weight is 252 g/mol. The van der Waals surface area contributed by atoms with Gasteiger partial charge in [-0.05, 0) is 18.1 Å². The first kappa shape index (κ1) is 11.9. The molecule has 0 unspecified atom stereocenters. The lowest BCUT2D eigenvalue weighted by atomic mass is 10.3. The van der Waals surface area contributed by atoms with Crippen molar-refractivity contribution in [2.75, 3.05) is 0 Å². The second kappa shape index (κ2) is 5.68. The molecule has 0 aliphatic carbocycles. The first-order valence-corrected chi connectivity index (χ1v) is 6.06. The van der Waals surface area contributed by atoms with E-state index in [2.05, 4.69) is 17.0 Å². The van der Waals surface area contributed by atoms with Crippen LogP contribution in [0.2, 0.25) is 0 Å². The number of rotatable bonds is 5. The highest BCUT2D eigenvalue weighted by molar-refractivity contribution is 6.17. The number of aromatic nitrogens is 3. The molecule has 0 amide bonds. The highest BCUT2D eigenvalue weighted by Crippen LogP contribution is 2.19. The highest BCUT2D eigenvalue weighted by Gasteiger charge is 2.02. The van der Waals surface area contributed by atoms with E-state index in [-0.39, 0.29) is 0 Å². The molecule has 0 N–H and O–H groups in total. The van der Waals surface area contributed by atoms with Crippen LogP contribution in [-0.4, -0.2) is 14.8 Å². The van der Waals surface area contributed by atoms with Crippen LogP contribution >= 0.6 is 11.6 Å². The quantitative estimate of drug-likeness (QED) is 0.766. The third-order valence-electron chi connectivity index (χ3n) is 2.24. The van der Waals surface area contributed by atoms with Gasteiger partial charge in [0.25, 0.3) is 0 Å². The summed E-state index contributed by atoms with van der Waals surface area (Å²) in [6, 6.07) is 3.69. The van der Waals surface area contributed by atoms with Crippen molar-refractivity contribution in [2.45, 2.75) is 25.8 Å². The van der Waals surface area contributed by atoms with E-state index in [9.17, 15) is 0 Å². The van der Waals surface area contributed by atoms with Crippen molar-refractivity contribution in [3.05, 3.63) is 36.3 Å². The summed E-state index contributed by atoms with van der Waals surface area (Å²) in [5.74, 6) is 1.69.